The molecule has 2 amide bonds. The second-order valence-electron chi connectivity index (χ2n) is 5.41. The third kappa shape index (κ3) is 4.38. The summed E-state index contributed by atoms with van der Waals surface area (Å²) in [5.41, 5.74) is 0. The van der Waals surface area contributed by atoms with Gasteiger partial charge in [-0.2, -0.15) is 0 Å². The van der Waals surface area contributed by atoms with Crippen LogP contribution in [-0.4, -0.2) is 65.8 Å². The lowest BCUT2D eigenvalue weighted by atomic mass is 10.1. The minimum Gasteiger partial charge on any atom is -0.481 e. The number of carboxylic acids is 1. The summed E-state index contributed by atoms with van der Waals surface area (Å²) in [6, 6.07) is 0.0909. The third-order valence-corrected chi connectivity index (χ3v) is 3.69. The maximum Gasteiger partial charge on any atom is 0.320 e. The smallest absolute Gasteiger partial charge is 0.320 e. The molecule has 19 heavy (non-hydrogen) atoms. The largest absolute Gasteiger partial charge is 0.481 e. The second-order valence-corrected chi connectivity index (χ2v) is 5.41. The fourth-order valence-corrected chi connectivity index (χ4v) is 2.06. The first-order chi connectivity index (χ1) is 8.82. The molecule has 0 spiro atoms. The minimum atomic E-state index is -0.900. The van der Waals surface area contributed by atoms with Crippen molar-refractivity contribution in [3.63, 3.8) is 0 Å². The molecule has 0 bridgehead atoms. The maximum absolute atomic E-state index is 12.3. The number of morpholine rings is 1. The fourth-order valence-electron chi connectivity index (χ4n) is 2.06. The molecular formula is C13H24N2O4. The van der Waals surface area contributed by atoms with Gasteiger partial charge in [0.25, 0.3) is 0 Å². The lowest BCUT2D eigenvalue weighted by Crippen LogP contribution is -2.53. The third-order valence-electron chi connectivity index (χ3n) is 3.69. The summed E-state index contributed by atoms with van der Waals surface area (Å²) in [7, 11) is 1.79. The van der Waals surface area contributed by atoms with Crippen molar-refractivity contribution in [2.45, 2.75) is 39.3 Å². The number of ether oxygens (including phenoxy) is 1. The molecule has 6 heteroatoms. The summed E-state index contributed by atoms with van der Waals surface area (Å²) in [5.74, 6) is -0.520. The van der Waals surface area contributed by atoms with Gasteiger partial charge in [-0.3, -0.25) is 4.79 Å². The first kappa shape index (κ1) is 15.8. The summed E-state index contributed by atoms with van der Waals surface area (Å²) < 4.78 is 5.36. The molecule has 0 radical (unpaired) electrons. The van der Waals surface area contributed by atoms with Crippen LogP contribution in [0.3, 0.4) is 0 Å². The van der Waals surface area contributed by atoms with Crippen molar-refractivity contribution in [3.8, 4) is 0 Å². The number of carbonyl (C=O) groups excluding carboxylic acids is 1. The Morgan fingerprint density at radius 1 is 1.42 bits per heavy atom. The van der Waals surface area contributed by atoms with E-state index in [-0.39, 0.29) is 18.5 Å². The number of rotatable bonds is 4. The Morgan fingerprint density at radius 3 is 2.58 bits per heavy atom. The van der Waals surface area contributed by atoms with E-state index in [1.165, 1.54) is 0 Å². The van der Waals surface area contributed by atoms with Gasteiger partial charge in [-0.05, 0) is 12.8 Å². The predicted octanol–water partition coefficient (Wildman–Crippen LogP) is 1.26. The second kappa shape index (κ2) is 6.75. The Morgan fingerprint density at radius 2 is 2.05 bits per heavy atom. The minimum absolute atomic E-state index is 0.0557. The van der Waals surface area contributed by atoms with Crippen LogP contribution < -0.4 is 0 Å². The number of hydrogen-bond acceptors (Lipinski definition) is 3. The molecule has 0 aliphatic carbocycles. The Labute approximate surface area is 114 Å². The van der Waals surface area contributed by atoms with E-state index >= 15 is 0 Å². The average molecular weight is 272 g/mol. The summed E-state index contributed by atoms with van der Waals surface area (Å²) >= 11 is 0. The van der Waals surface area contributed by atoms with Gasteiger partial charge in [-0.15, -0.1) is 0 Å². The Hall–Kier alpha value is -1.30. The Kier molecular flexibility index (Phi) is 5.60. The van der Waals surface area contributed by atoms with Crippen LogP contribution in [0.1, 0.15) is 27.2 Å². The van der Waals surface area contributed by atoms with Gasteiger partial charge in [0.05, 0.1) is 19.1 Å². The first-order valence-electron chi connectivity index (χ1n) is 6.68. The van der Waals surface area contributed by atoms with E-state index < -0.39 is 12.1 Å². The molecule has 0 aromatic carbocycles. The van der Waals surface area contributed by atoms with Gasteiger partial charge in [-0.1, -0.05) is 13.8 Å². The highest BCUT2D eigenvalue weighted by Gasteiger charge is 2.29. The van der Waals surface area contributed by atoms with E-state index in [4.69, 9.17) is 9.84 Å². The summed E-state index contributed by atoms with van der Waals surface area (Å²) in [5, 5.41) is 8.77. The standard InChI is InChI=1S/C13H24N2O4/c1-9(2)10(3)14(4)13(18)15-5-6-19-11(8-15)7-12(16)17/h9-11H,5-8H2,1-4H3,(H,16,17). The van der Waals surface area contributed by atoms with Gasteiger partial charge in [0.1, 0.15) is 0 Å². The van der Waals surface area contributed by atoms with Crippen LogP contribution >= 0.6 is 0 Å². The van der Waals surface area contributed by atoms with Crippen LogP contribution in [0.25, 0.3) is 0 Å². The van der Waals surface area contributed by atoms with Crippen LogP contribution in [0.15, 0.2) is 0 Å². The van der Waals surface area contributed by atoms with Crippen LogP contribution in [-0.2, 0) is 9.53 Å². The molecule has 2 atom stereocenters. The van der Waals surface area contributed by atoms with Crippen molar-refractivity contribution in [2.24, 2.45) is 5.92 Å². The molecule has 110 valence electrons. The molecule has 1 heterocycles. The van der Waals surface area contributed by atoms with Crippen LogP contribution in [0.5, 0.6) is 0 Å². The average Bonchev–Trinajstić information content (AvgIpc) is 2.35. The van der Waals surface area contributed by atoms with Crippen molar-refractivity contribution in [1.82, 2.24) is 9.80 Å². The molecular weight excluding hydrogens is 248 g/mol. The quantitative estimate of drug-likeness (QED) is 0.836. The van der Waals surface area contributed by atoms with Gasteiger partial charge in [-0.25, -0.2) is 4.79 Å². The highest BCUT2D eigenvalue weighted by atomic mass is 16.5. The summed E-state index contributed by atoms with van der Waals surface area (Å²) in [6.45, 7) is 7.41. The maximum atomic E-state index is 12.3. The normalized spacial score (nSPS) is 21.3. The molecule has 1 fully saturated rings. The van der Waals surface area contributed by atoms with Crippen molar-refractivity contribution < 1.29 is 19.4 Å². The lowest BCUT2D eigenvalue weighted by molar-refractivity contribution is -0.141. The SMILES string of the molecule is CC(C)C(C)N(C)C(=O)N1CCOC(CC(=O)O)C1. The van der Waals surface area contributed by atoms with Crippen molar-refractivity contribution in [2.75, 3.05) is 26.7 Å². The molecule has 1 aliphatic heterocycles. The van der Waals surface area contributed by atoms with E-state index in [1.807, 2.05) is 6.92 Å². The summed E-state index contributed by atoms with van der Waals surface area (Å²) in [4.78, 5) is 26.4. The molecule has 1 aliphatic rings. The number of nitrogens with zero attached hydrogens (tertiary/aromatic N) is 2. The zero-order valence-electron chi connectivity index (χ0n) is 12.1. The number of carbonyl (C=O) groups is 2. The van der Waals surface area contributed by atoms with E-state index in [2.05, 4.69) is 13.8 Å². The molecule has 6 nitrogen and oxygen atoms in total. The lowest BCUT2D eigenvalue weighted by Gasteiger charge is -2.37. The van der Waals surface area contributed by atoms with Gasteiger partial charge >= 0.3 is 12.0 Å². The monoisotopic (exact) mass is 272 g/mol. The molecule has 0 aromatic rings. The highest BCUT2D eigenvalue weighted by Crippen LogP contribution is 2.14. The molecule has 1 rings (SSSR count). The van der Waals surface area contributed by atoms with Crippen molar-refractivity contribution >= 4 is 12.0 Å². The van der Waals surface area contributed by atoms with Crippen molar-refractivity contribution in [3.05, 3.63) is 0 Å². The van der Waals surface area contributed by atoms with Gasteiger partial charge in [0.15, 0.2) is 0 Å². The predicted molar refractivity (Wildman–Crippen MR) is 71.0 cm³/mol. The highest BCUT2D eigenvalue weighted by molar-refractivity contribution is 5.75. The van der Waals surface area contributed by atoms with E-state index in [0.29, 0.717) is 25.6 Å². The van der Waals surface area contributed by atoms with Gasteiger partial charge in [0.2, 0.25) is 0 Å². The van der Waals surface area contributed by atoms with E-state index in [0.717, 1.165) is 0 Å². The molecule has 0 saturated carbocycles. The summed E-state index contributed by atoms with van der Waals surface area (Å²) in [6.07, 6.45) is -0.467. The number of carboxylic acid groups (broad SMARTS) is 1. The number of amides is 2. The number of hydrogen-bond donors (Lipinski definition) is 1. The number of aliphatic carboxylic acids is 1. The fraction of sp³-hybridized carbons (Fsp3) is 0.846. The van der Waals surface area contributed by atoms with E-state index in [1.54, 1.807) is 16.8 Å². The molecule has 1 N–H and O–H groups in total. The molecule has 1 saturated heterocycles. The van der Waals surface area contributed by atoms with Crippen LogP contribution in [0.2, 0.25) is 0 Å². The zero-order chi connectivity index (χ0) is 14.6. The van der Waals surface area contributed by atoms with Gasteiger partial charge < -0.3 is 19.6 Å². The first-order valence-corrected chi connectivity index (χ1v) is 6.68. The molecule has 0 aromatic heterocycles. The van der Waals surface area contributed by atoms with Crippen LogP contribution in [0.4, 0.5) is 4.79 Å². The topological polar surface area (TPSA) is 70.1 Å². The zero-order valence-corrected chi connectivity index (χ0v) is 12.1. The van der Waals surface area contributed by atoms with Gasteiger partial charge in [0, 0.05) is 26.2 Å². The Balaban J connectivity index is 2.58. The van der Waals surface area contributed by atoms with Crippen LogP contribution in [0, 0.1) is 5.92 Å². The van der Waals surface area contributed by atoms with E-state index in [9.17, 15) is 9.59 Å². The number of urea groups is 1. The Bertz CT molecular complexity index is 333. The van der Waals surface area contributed by atoms with Crippen molar-refractivity contribution in [1.29, 1.82) is 0 Å². The molecule has 2 unspecified atom stereocenters.